The van der Waals surface area contributed by atoms with Gasteiger partial charge in [-0.05, 0) is 29.7 Å². The molecule has 2 heterocycles. The average Bonchev–Trinajstić information content (AvgIpc) is 2.98. The van der Waals surface area contributed by atoms with Gasteiger partial charge in [-0.3, -0.25) is 0 Å². The monoisotopic (exact) mass is 313 g/mol. The molecule has 0 aliphatic heterocycles. The van der Waals surface area contributed by atoms with Crippen LogP contribution < -0.4 is 0 Å². The Kier molecular flexibility index (Phi) is 4.77. The van der Waals surface area contributed by atoms with Crippen LogP contribution in [-0.2, 0) is 18.6 Å². The topological polar surface area (TPSA) is 76.7 Å². The summed E-state index contributed by atoms with van der Waals surface area (Å²) in [7, 11) is 0. The summed E-state index contributed by atoms with van der Waals surface area (Å²) in [4.78, 5) is 4.54. The summed E-state index contributed by atoms with van der Waals surface area (Å²) >= 11 is 2.82. The highest BCUT2D eigenvalue weighted by Gasteiger charge is 2.21. The summed E-state index contributed by atoms with van der Waals surface area (Å²) in [6, 6.07) is 0. The van der Waals surface area contributed by atoms with Gasteiger partial charge >= 0.3 is 0 Å². The number of hydrogen-bond donors (Lipinski definition) is 1. The van der Waals surface area contributed by atoms with Crippen molar-refractivity contribution < 1.29 is 5.11 Å². The molecule has 0 spiro atoms. The van der Waals surface area contributed by atoms with Gasteiger partial charge in [0.05, 0.1) is 0 Å². The molecule has 0 amide bonds. The zero-order chi connectivity index (χ0) is 14.8. The fraction of sp³-hybridized carbons (Fsp3) is 0.667. The van der Waals surface area contributed by atoms with E-state index in [1.54, 1.807) is 0 Å². The molecule has 1 N–H and O–H groups in total. The quantitative estimate of drug-likeness (QED) is 0.914. The van der Waals surface area contributed by atoms with Crippen LogP contribution in [0.1, 0.15) is 45.8 Å². The van der Waals surface area contributed by atoms with Crippen LogP contribution in [0.3, 0.4) is 0 Å². The predicted octanol–water partition coefficient (Wildman–Crippen LogP) is 2.48. The number of aliphatic hydroxyl groups excluding tert-OH is 1. The standard InChI is InChI=1S/C12H19N5OS2/c1-5-6-17-8(7-18)14-15-10(17)19-11-13-9(16-20-11)12(2,3)4/h18H,5-7H2,1-4H3. The summed E-state index contributed by atoms with van der Waals surface area (Å²) in [6.07, 6.45) is 0.960. The lowest BCUT2D eigenvalue weighted by molar-refractivity contribution is 0.263. The summed E-state index contributed by atoms with van der Waals surface area (Å²) in [5.74, 6) is 1.43. The Morgan fingerprint density at radius 1 is 1.30 bits per heavy atom. The molecule has 0 unspecified atom stereocenters. The first kappa shape index (κ1) is 15.4. The number of aromatic nitrogens is 5. The fourth-order valence-electron chi connectivity index (χ4n) is 1.59. The molecule has 0 atom stereocenters. The van der Waals surface area contributed by atoms with Gasteiger partial charge in [-0.1, -0.05) is 27.7 Å². The largest absolute Gasteiger partial charge is 0.388 e. The van der Waals surface area contributed by atoms with Crippen molar-refractivity contribution >= 4 is 23.3 Å². The fourth-order valence-corrected chi connectivity index (χ4v) is 3.36. The maximum Gasteiger partial charge on any atom is 0.198 e. The Balaban J connectivity index is 2.21. The van der Waals surface area contributed by atoms with E-state index >= 15 is 0 Å². The van der Waals surface area contributed by atoms with Crippen molar-refractivity contribution in [2.24, 2.45) is 0 Å². The molecule has 0 radical (unpaired) electrons. The van der Waals surface area contributed by atoms with E-state index in [-0.39, 0.29) is 12.0 Å². The van der Waals surface area contributed by atoms with Gasteiger partial charge in [-0.25, -0.2) is 4.98 Å². The zero-order valence-corrected chi connectivity index (χ0v) is 13.8. The van der Waals surface area contributed by atoms with Crippen molar-refractivity contribution in [1.29, 1.82) is 0 Å². The first-order valence-electron chi connectivity index (χ1n) is 6.50. The van der Waals surface area contributed by atoms with Gasteiger partial charge in [0.2, 0.25) is 0 Å². The molecule has 0 saturated carbocycles. The Hall–Kier alpha value is -0.990. The average molecular weight is 313 g/mol. The highest BCUT2D eigenvalue weighted by molar-refractivity contribution is 8.00. The van der Waals surface area contributed by atoms with Crippen molar-refractivity contribution in [3.63, 3.8) is 0 Å². The van der Waals surface area contributed by atoms with Gasteiger partial charge in [0, 0.05) is 12.0 Å². The first-order chi connectivity index (χ1) is 9.45. The second-order valence-corrected chi connectivity index (χ2v) is 7.41. The Morgan fingerprint density at radius 3 is 2.60 bits per heavy atom. The summed E-state index contributed by atoms with van der Waals surface area (Å²) in [5, 5.41) is 18.2. The molecule has 20 heavy (non-hydrogen) atoms. The van der Waals surface area contributed by atoms with Gasteiger partial charge in [0.15, 0.2) is 15.3 Å². The van der Waals surface area contributed by atoms with Crippen molar-refractivity contribution in [2.45, 2.75) is 62.2 Å². The van der Waals surface area contributed by atoms with E-state index in [0.717, 1.165) is 28.3 Å². The van der Waals surface area contributed by atoms with E-state index in [4.69, 9.17) is 0 Å². The Bertz CT molecular complexity index is 573. The minimum Gasteiger partial charge on any atom is -0.388 e. The molecule has 2 aromatic heterocycles. The van der Waals surface area contributed by atoms with E-state index in [2.05, 4.69) is 47.2 Å². The highest BCUT2D eigenvalue weighted by atomic mass is 32.2. The zero-order valence-electron chi connectivity index (χ0n) is 12.1. The lowest BCUT2D eigenvalue weighted by Crippen LogP contribution is -2.13. The van der Waals surface area contributed by atoms with Crippen LogP contribution in [0.5, 0.6) is 0 Å². The molecule has 0 aliphatic rings. The van der Waals surface area contributed by atoms with Gasteiger partial charge in [0.1, 0.15) is 12.4 Å². The van der Waals surface area contributed by atoms with Crippen LogP contribution in [-0.4, -0.2) is 29.2 Å². The molecular weight excluding hydrogens is 294 g/mol. The van der Waals surface area contributed by atoms with Gasteiger partial charge in [0.25, 0.3) is 0 Å². The maximum absolute atomic E-state index is 9.28. The first-order valence-corrected chi connectivity index (χ1v) is 8.09. The number of nitrogens with zero attached hydrogens (tertiary/aromatic N) is 5. The molecular formula is C12H19N5OS2. The smallest absolute Gasteiger partial charge is 0.198 e. The number of hydrogen-bond acceptors (Lipinski definition) is 7. The summed E-state index contributed by atoms with van der Waals surface area (Å²) in [5.41, 5.74) is -0.0529. The van der Waals surface area contributed by atoms with Crippen LogP contribution in [0.15, 0.2) is 9.50 Å². The third-order valence-electron chi connectivity index (χ3n) is 2.64. The molecule has 0 bridgehead atoms. The van der Waals surface area contributed by atoms with Crippen LogP contribution in [0.2, 0.25) is 0 Å². The molecule has 0 aliphatic carbocycles. The molecule has 110 valence electrons. The van der Waals surface area contributed by atoms with Crippen molar-refractivity contribution in [1.82, 2.24) is 24.1 Å². The van der Waals surface area contributed by atoms with Crippen molar-refractivity contribution in [3.05, 3.63) is 11.6 Å². The third-order valence-corrected chi connectivity index (χ3v) is 4.37. The van der Waals surface area contributed by atoms with E-state index in [1.165, 1.54) is 23.3 Å². The minimum absolute atomic E-state index is 0.0529. The molecule has 0 saturated heterocycles. The van der Waals surface area contributed by atoms with Gasteiger partial charge in [-0.15, -0.1) is 10.2 Å². The second-order valence-electron chi connectivity index (χ2n) is 5.44. The lowest BCUT2D eigenvalue weighted by Gasteiger charge is -2.12. The predicted molar refractivity (Wildman–Crippen MR) is 79.0 cm³/mol. The normalized spacial score (nSPS) is 12.1. The lowest BCUT2D eigenvalue weighted by atomic mass is 9.96. The van der Waals surface area contributed by atoms with Gasteiger partial charge < -0.3 is 9.67 Å². The molecule has 2 aromatic rings. The SMILES string of the molecule is CCCn1c(CO)nnc1Sc1nc(C(C)(C)C)ns1. The second kappa shape index (κ2) is 6.19. The Labute approximate surface area is 126 Å². The minimum atomic E-state index is -0.100. The van der Waals surface area contributed by atoms with Gasteiger partial charge in [-0.2, -0.15) is 4.37 Å². The molecule has 0 fully saturated rings. The van der Waals surface area contributed by atoms with E-state index in [1.807, 2.05) is 4.57 Å². The summed E-state index contributed by atoms with van der Waals surface area (Å²) in [6.45, 7) is 9.04. The van der Waals surface area contributed by atoms with Crippen LogP contribution in [0, 0.1) is 0 Å². The van der Waals surface area contributed by atoms with Crippen LogP contribution >= 0.6 is 23.3 Å². The van der Waals surface area contributed by atoms with E-state index < -0.39 is 0 Å². The molecule has 0 aromatic carbocycles. The van der Waals surface area contributed by atoms with Crippen LogP contribution in [0.4, 0.5) is 0 Å². The maximum atomic E-state index is 9.28. The van der Waals surface area contributed by atoms with Crippen LogP contribution in [0.25, 0.3) is 0 Å². The van der Waals surface area contributed by atoms with E-state index in [9.17, 15) is 5.11 Å². The molecule has 2 rings (SSSR count). The number of rotatable bonds is 5. The third kappa shape index (κ3) is 3.36. The Morgan fingerprint density at radius 2 is 2.05 bits per heavy atom. The molecule has 8 heteroatoms. The van der Waals surface area contributed by atoms with E-state index in [0.29, 0.717) is 5.82 Å². The number of aliphatic hydroxyl groups is 1. The van der Waals surface area contributed by atoms with Crippen molar-refractivity contribution in [3.8, 4) is 0 Å². The highest BCUT2D eigenvalue weighted by Crippen LogP contribution is 2.31. The van der Waals surface area contributed by atoms with Crippen molar-refractivity contribution in [2.75, 3.05) is 0 Å². The summed E-state index contributed by atoms with van der Waals surface area (Å²) < 4.78 is 7.17. The molecule has 6 nitrogen and oxygen atoms in total.